The second-order valence-corrected chi connectivity index (χ2v) is 7.89. The summed E-state index contributed by atoms with van der Waals surface area (Å²) < 4.78 is 0. The van der Waals surface area contributed by atoms with Gasteiger partial charge in [0.05, 0.1) is 0 Å². The minimum absolute atomic E-state index is 0.0629. The lowest BCUT2D eigenvalue weighted by Crippen LogP contribution is -2.20. The molecule has 2 rings (SSSR count). The molecule has 0 aliphatic carbocycles. The number of rotatable bonds is 4. The number of amides is 1. The SMILES string of the molecule is CCc1cc(NC(N)=S)cc(C)c1NC(=O)c1ccc(C(C)(C)C)cc1. The molecule has 0 aliphatic heterocycles. The van der Waals surface area contributed by atoms with Gasteiger partial charge in [0.2, 0.25) is 0 Å². The predicted octanol–water partition coefficient (Wildman–Crippen LogP) is 4.76. The van der Waals surface area contributed by atoms with Gasteiger partial charge in [0, 0.05) is 16.9 Å². The number of anilines is 2. The Morgan fingerprint density at radius 2 is 1.73 bits per heavy atom. The number of hydrogen-bond acceptors (Lipinski definition) is 2. The van der Waals surface area contributed by atoms with Crippen LogP contribution in [0.5, 0.6) is 0 Å². The summed E-state index contributed by atoms with van der Waals surface area (Å²) in [5.74, 6) is -0.113. The van der Waals surface area contributed by atoms with Crippen LogP contribution >= 0.6 is 12.2 Å². The van der Waals surface area contributed by atoms with Crippen molar-refractivity contribution in [2.45, 2.75) is 46.5 Å². The molecule has 0 fully saturated rings. The van der Waals surface area contributed by atoms with E-state index in [2.05, 4.69) is 31.4 Å². The maximum Gasteiger partial charge on any atom is 0.255 e. The van der Waals surface area contributed by atoms with E-state index in [0.29, 0.717) is 5.56 Å². The first-order valence-corrected chi connectivity index (χ1v) is 9.14. The Labute approximate surface area is 161 Å². The maximum atomic E-state index is 12.7. The molecule has 26 heavy (non-hydrogen) atoms. The van der Waals surface area contributed by atoms with Crippen LogP contribution in [0.4, 0.5) is 11.4 Å². The zero-order valence-corrected chi connectivity index (χ0v) is 16.9. The van der Waals surface area contributed by atoms with E-state index in [1.807, 2.05) is 50.2 Å². The van der Waals surface area contributed by atoms with Crippen LogP contribution in [0.25, 0.3) is 0 Å². The molecule has 4 N–H and O–H groups in total. The first-order valence-electron chi connectivity index (χ1n) is 8.73. The Morgan fingerprint density at radius 1 is 1.12 bits per heavy atom. The number of aryl methyl sites for hydroxylation is 2. The van der Waals surface area contributed by atoms with Crippen molar-refractivity contribution in [3.8, 4) is 0 Å². The summed E-state index contributed by atoms with van der Waals surface area (Å²) in [6, 6.07) is 11.7. The summed E-state index contributed by atoms with van der Waals surface area (Å²) in [7, 11) is 0. The number of nitrogens with two attached hydrogens (primary N) is 1. The van der Waals surface area contributed by atoms with Gasteiger partial charge in [-0.05, 0) is 71.9 Å². The molecule has 0 bridgehead atoms. The molecule has 0 saturated heterocycles. The molecule has 0 unspecified atom stereocenters. The van der Waals surface area contributed by atoms with Gasteiger partial charge < -0.3 is 16.4 Å². The van der Waals surface area contributed by atoms with Crippen LogP contribution in [0.1, 0.15) is 54.7 Å². The molecular formula is C21H27N3OS. The van der Waals surface area contributed by atoms with Crippen molar-refractivity contribution in [1.82, 2.24) is 0 Å². The topological polar surface area (TPSA) is 67.2 Å². The molecule has 0 aromatic heterocycles. The highest BCUT2D eigenvalue weighted by Crippen LogP contribution is 2.27. The van der Waals surface area contributed by atoms with Crippen LogP contribution in [0.2, 0.25) is 0 Å². The minimum Gasteiger partial charge on any atom is -0.376 e. The molecular weight excluding hydrogens is 342 g/mol. The van der Waals surface area contributed by atoms with E-state index in [4.69, 9.17) is 18.0 Å². The van der Waals surface area contributed by atoms with Crippen molar-refractivity contribution >= 4 is 34.6 Å². The molecule has 2 aromatic rings. The van der Waals surface area contributed by atoms with E-state index < -0.39 is 0 Å². The third-order valence-electron chi connectivity index (χ3n) is 4.32. The molecule has 5 heteroatoms. The predicted molar refractivity (Wildman–Crippen MR) is 114 cm³/mol. The third-order valence-corrected chi connectivity index (χ3v) is 4.42. The van der Waals surface area contributed by atoms with E-state index in [9.17, 15) is 4.79 Å². The van der Waals surface area contributed by atoms with E-state index in [0.717, 1.165) is 28.9 Å². The maximum absolute atomic E-state index is 12.7. The van der Waals surface area contributed by atoms with Gasteiger partial charge in [-0.1, -0.05) is 39.8 Å². The largest absolute Gasteiger partial charge is 0.376 e. The van der Waals surface area contributed by atoms with Gasteiger partial charge in [-0.25, -0.2) is 0 Å². The fourth-order valence-corrected chi connectivity index (χ4v) is 2.96. The number of benzene rings is 2. The monoisotopic (exact) mass is 369 g/mol. The molecule has 0 heterocycles. The fraction of sp³-hybridized carbons (Fsp3) is 0.333. The summed E-state index contributed by atoms with van der Waals surface area (Å²) in [6.07, 6.45) is 0.784. The van der Waals surface area contributed by atoms with Crippen LogP contribution in [0.3, 0.4) is 0 Å². The number of carbonyl (C=O) groups is 1. The van der Waals surface area contributed by atoms with E-state index >= 15 is 0 Å². The Kier molecular flexibility index (Phi) is 6.03. The van der Waals surface area contributed by atoms with Crippen molar-refractivity contribution in [1.29, 1.82) is 0 Å². The van der Waals surface area contributed by atoms with Gasteiger partial charge >= 0.3 is 0 Å². The molecule has 0 spiro atoms. The highest BCUT2D eigenvalue weighted by molar-refractivity contribution is 7.80. The summed E-state index contributed by atoms with van der Waals surface area (Å²) in [6.45, 7) is 10.5. The van der Waals surface area contributed by atoms with Gasteiger partial charge in [0.25, 0.3) is 5.91 Å². The minimum atomic E-state index is -0.113. The van der Waals surface area contributed by atoms with Crippen molar-refractivity contribution in [3.63, 3.8) is 0 Å². The quantitative estimate of drug-likeness (QED) is 0.680. The summed E-state index contributed by atoms with van der Waals surface area (Å²) in [5, 5.41) is 6.23. The lowest BCUT2D eigenvalue weighted by molar-refractivity contribution is 0.102. The zero-order valence-electron chi connectivity index (χ0n) is 16.1. The molecule has 0 aliphatic rings. The van der Waals surface area contributed by atoms with Gasteiger partial charge in [-0.2, -0.15) is 0 Å². The van der Waals surface area contributed by atoms with Gasteiger partial charge in [0.15, 0.2) is 5.11 Å². The first kappa shape index (κ1) is 19.9. The summed E-state index contributed by atoms with van der Waals surface area (Å²) in [5.41, 5.74) is 11.1. The smallest absolute Gasteiger partial charge is 0.255 e. The lowest BCUT2D eigenvalue weighted by Gasteiger charge is -2.19. The molecule has 2 aromatic carbocycles. The van der Waals surface area contributed by atoms with E-state index in [-0.39, 0.29) is 16.4 Å². The molecule has 4 nitrogen and oxygen atoms in total. The van der Waals surface area contributed by atoms with Gasteiger partial charge in [-0.3, -0.25) is 4.79 Å². The van der Waals surface area contributed by atoms with Gasteiger partial charge in [0.1, 0.15) is 0 Å². The van der Waals surface area contributed by atoms with Crippen LogP contribution in [0.15, 0.2) is 36.4 Å². The Bertz CT molecular complexity index is 820. The lowest BCUT2D eigenvalue weighted by atomic mass is 9.86. The number of hydrogen-bond donors (Lipinski definition) is 3. The van der Waals surface area contributed by atoms with E-state index in [1.54, 1.807) is 0 Å². The van der Waals surface area contributed by atoms with Crippen molar-refractivity contribution in [3.05, 3.63) is 58.7 Å². The number of carbonyl (C=O) groups excluding carboxylic acids is 1. The first-order chi connectivity index (χ1) is 12.1. The summed E-state index contributed by atoms with van der Waals surface area (Å²) in [4.78, 5) is 12.7. The molecule has 0 radical (unpaired) electrons. The summed E-state index contributed by atoms with van der Waals surface area (Å²) >= 11 is 4.90. The van der Waals surface area contributed by atoms with Crippen LogP contribution < -0.4 is 16.4 Å². The average molecular weight is 370 g/mol. The molecule has 0 saturated carbocycles. The van der Waals surface area contributed by atoms with Crippen molar-refractivity contribution in [2.24, 2.45) is 5.73 Å². The zero-order chi connectivity index (χ0) is 19.5. The second kappa shape index (κ2) is 7.87. The number of nitrogens with one attached hydrogen (secondary N) is 2. The molecule has 138 valence electrons. The normalized spacial score (nSPS) is 11.1. The standard InChI is InChI=1S/C21H27N3OS/c1-6-14-12-17(23-20(22)26)11-13(2)18(14)24-19(25)15-7-9-16(10-8-15)21(3,4)5/h7-12H,6H2,1-5H3,(H,24,25)(H3,22,23,26). The fourth-order valence-electron chi connectivity index (χ4n) is 2.84. The van der Waals surface area contributed by atoms with Crippen molar-refractivity contribution in [2.75, 3.05) is 10.6 Å². The van der Waals surface area contributed by atoms with Gasteiger partial charge in [-0.15, -0.1) is 0 Å². The van der Waals surface area contributed by atoms with Crippen LogP contribution in [0, 0.1) is 6.92 Å². The highest BCUT2D eigenvalue weighted by Gasteiger charge is 2.16. The Morgan fingerprint density at radius 3 is 2.23 bits per heavy atom. The number of thiocarbonyl (C=S) groups is 1. The molecule has 1 amide bonds. The Balaban J connectivity index is 2.27. The third kappa shape index (κ3) is 4.82. The van der Waals surface area contributed by atoms with Crippen LogP contribution in [-0.4, -0.2) is 11.0 Å². The van der Waals surface area contributed by atoms with E-state index in [1.165, 1.54) is 5.56 Å². The Hall–Kier alpha value is -2.40. The highest BCUT2D eigenvalue weighted by atomic mass is 32.1. The average Bonchev–Trinajstić information content (AvgIpc) is 2.55. The van der Waals surface area contributed by atoms with Crippen LogP contribution in [-0.2, 0) is 11.8 Å². The molecule has 0 atom stereocenters. The second-order valence-electron chi connectivity index (χ2n) is 7.45. The van der Waals surface area contributed by atoms with Crippen molar-refractivity contribution < 1.29 is 4.79 Å².